The third kappa shape index (κ3) is 6.48. The van der Waals surface area contributed by atoms with E-state index in [1.165, 1.54) is 96.3 Å². The standard InChI is InChI=1S/C26H50O/c1-6-11-22(8-3)20-26(9-4,10-5)23-14-18-25(19-15-23)27-24-16-12-21(7-2)13-17-24/h21-25H,6-20H2,1-5H3. The highest BCUT2D eigenvalue weighted by Crippen LogP contribution is 2.49. The first-order chi connectivity index (χ1) is 13.1. The van der Waals surface area contributed by atoms with Gasteiger partial charge in [-0.15, -0.1) is 0 Å². The number of hydrogen-bond acceptors (Lipinski definition) is 1. The minimum Gasteiger partial charge on any atom is -0.375 e. The van der Waals surface area contributed by atoms with E-state index in [1.54, 1.807) is 0 Å². The summed E-state index contributed by atoms with van der Waals surface area (Å²) in [7, 11) is 0. The molecule has 0 aromatic heterocycles. The summed E-state index contributed by atoms with van der Waals surface area (Å²) < 4.78 is 6.59. The summed E-state index contributed by atoms with van der Waals surface area (Å²) in [6.45, 7) is 12.1. The molecule has 1 nitrogen and oxygen atoms in total. The smallest absolute Gasteiger partial charge is 0.0579 e. The van der Waals surface area contributed by atoms with Crippen molar-refractivity contribution in [2.75, 3.05) is 0 Å². The topological polar surface area (TPSA) is 9.23 Å². The van der Waals surface area contributed by atoms with E-state index in [0.717, 1.165) is 17.8 Å². The molecule has 0 heterocycles. The van der Waals surface area contributed by atoms with Crippen LogP contribution in [0.2, 0.25) is 0 Å². The molecule has 2 rings (SSSR count). The summed E-state index contributed by atoms with van der Waals surface area (Å²) in [4.78, 5) is 0. The lowest BCUT2D eigenvalue weighted by atomic mass is 9.61. The SMILES string of the molecule is CCCC(CC)CC(CC)(CC)C1CCC(OC2CCC(CC)CC2)CC1. The fourth-order valence-electron chi connectivity index (χ4n) is 6.48. The van der Waals surface area contributed by atoms with Crippen molar-refractivity contribution < 1.29 is 4.74 Å². The lowest BCUT2D eigenvalue weighted by molar-refractivity contribution is -0.0688. The molecule has 0 saturated heterocycles. The summed E-state index contributed by atoms with van der Waals surface area (Å²) in [6, 6.07) is 0. The normalized spacial score (nSPS) is 31.0. The highest BCUT2D eigenvalue weighted by atomic mass is 16.5. The second-order valence-electron chi connectivity index (χ2n) is 10.00. The van der Waals surface area contributed by atoms with Crippen molar-refractivity contribution in [2.24, 2.45) is 23.2 Å². The van der Waals surface area contributed by atoms with Gasteiger partial charge in [-0.3, -0.25) is 0 Å². The highest BCUT2D eigenvalue weighted by Gasteiger charge is 2.39. The van der Waals surface area contributed by atoms with Gasteiger partial charge in [0.15, 0.2) is 0 Å². The lowest BCUT2D eigenvalue weighted by Crippen LogP contribution is -2.37. The monoisotopic (exact) mass is 378 g/mol. The summed E-state index contributed by atoms with van der Waals surface area (Å²) in [5.74, 6) is 2.86. The van der Waals surface area contributed by atoms with E-state index in [-0.39, 0.29) is 0 Å². The zero-order chi connectivity index (χ0) is 19.7. The van der Waals surface area contributed by atoms with E-state index in [2.05, 4.69) is 34.6 Å². The largest absolute Gasteiger partial charge is 0.375 e. The molecule has 2 saturated carbocycles. The average Bonchev–Trinajstić information content (AvgIpc) is 2.72. The third-order valence-corrected chi connectivity index (χ3v) is 8.67. The molecule has 27 heavy (non-hydrogen) atoms. The molecule has 0 aromatic carbocycles. The van der Waals surface area contributed by atoms with Crippen molar-refractivity contribution in [3.05, 3.63) is 0 Å². The Morgan fingerprint density at radius 3 is 1.78 bits per heavy atom. The van der Waals surface area contributed by atoms with Gasteiger partial charge in [-0.25, -0.2) is 0 Å². The van der Waals surface area contributed by atoms with Crippen LogP contribution in [0.3, 0.4) is 0 Å². The molecule has 0 aromatic rings. The minimum atomic E-state index is 0.563. The minimum absolute atomic E-state index is 0.563. The van der Waals surface area contributed by atoms with Crippen LogP contribution in [0.1, 0.15) is 131 Å². The van der Waals surface area contributed by atoms with Gasteiger partial charge in [0, 0.05) is 0 Å². The Labute approximate surface area is 171 Å². The first-order valence-corrected chi connectivity index (χ1v) is 12.8. The summed E-state index contributed by atoms with van der Waals surface area (Å²) in [6.07, 6.45) is 21.8. The number of ether oxygens (including phenoxy) is 1. The van der Waals surface area contributed by atoms with Crippen molar-refractivity contribution in [2.45, 2.75) is 143 Å². The molecular formula is C26H50O. The molecule has 0 N–H and O–H groups in total. The molecule has 1 atom stereocenters. The molecule has 0 spiro atoms. The van der Waals surface area contributed by atoms with E-state index >= 15 is 0 Å². The van der Waals surface area contributed by atoms with Crippen molar-refractivity contribution in [1.82, 2.24) is 0 Å². The summed E-state index contributed by atoms with van der Waals surface area (Å²) in [5, 5.41) is 0. The molecule has 2 aliphatic carbocycles. The van der Waals surface area contributed by atoms with E-state index < -0.39 is 0 Å². The van der Waals surface area contributed by atoms with Crippen LogP contribution in [-0.2, 0) is 4.74 Å². The van der Waals surface area contributed by atoms with Crippen LogP contribution < -0.4 is 0 Å². The van der Waals surface area contributed by atoms with Crippen LogP contribution >= 0.6 is 0 Å². The maximum absolute atomic E-state index is 6.59. The second-order valence-corrected chi connectivity index (χ2v) is 10.00. The van der Waals surface area contributed by atoms with Crippen LogP contribution in [-0.4, -0.2) is 12.2 Å². The predicted molar refractivity (Wildman–Crippen MR) is 119 cm³/mol. The first-order valence-electron chi connectivity index (χ1n) is 12.8. The Hall–Kier alpha value is -0.0400. The number of rotatable bonds is 11. The lowest BCUT2D eigenvalue weighted by Gasteiger charge is -2.46. The molecule has 160 valence electrons. The van der Waals surface area contributed by atoms with Crippen LogP contribution in [0.25, 0.3) is 0 Å². The van der Waals surface area contributed by atoms with Gasteiger partial charge >= 0.3 is 0 Å². The Morgan fingerprint density at radius 1 is 0.778 bits per heavy atom. The first kappa shape index (κ1) is 23.2. The third-order valence-electron chi connectivity index (χ3n) is 8.67. The van der Waals surface area contributed by atoms with Crippen LogP contribution in [0.5, 0.6) is 0 Å². The molecule has 0 amide bonds. The Bertz CT molecular complexity index is 370. The zero-order valence-electron chi connectivity index (χ0n) is 19.4. The quantitative estimate of drug-likeness (QED) is 0.350. The molecule has 1 heteroatoms. The molecule has 2 fully saturated rings. The van der Waals surface area contributed by atoms with E-state index in [4.69, 9.17) is 4.74 Å². The van der Waals surface area contributed by atoms with Gasteiger partial charge in [-0.2, -0.15) is 0 Å². The molecule has 0 radical (unpaired) electrons. The van der Waals surface area contributed by atoms with Crippen LogP contribution in [0.4, 0.5) is 0 Å². The molecule has 0 bridgehead atoms. The molecule has 1 unspecified atom stereocenters. The van der Waals surface area contributed by atoms with E-state index in [0.29, 0.717) is 17.6 Å². The van der Waals surface area contributed by atoms with Crippen LogP contribution in [0, 0.1) is 23.2 Å². The number of hydrogen-bond donors (Lipinski definition) is 0. The van der Waals surface area contributed by atoms with Crippen molar-refractivity contribution in [1.29, 1.82) is 0 Å². The van der Waals surface area contributed by atoms with Crippen LogP contribution in [0.15, 0.2) is 0 Å². The Morgan fingerprint density at radius 2 is 1.33 bits per heavy atom. The zero-order valence-corrected chi connectivity index (χ0v) is 19.4. The maximum atomic E-state index is 6.59. The predicted octanol–water partition coefficient (Wildman–Crippen LogP) is 8.55. The van der Waals surface area contributed by atoms with Gasteiger partial charge in [0.1, 0.15) is 0 Å². The highest BCUT2D eigenvalue weighted by molar-refractivity contribution is 4.90. The van der Waals surface area contributed by atoms with Gasteiger partial charge in [-0.05, 0) is 81.0 Å². The second kappa shape index (κ2) is 11.8. The summed E-state index contributed by atoms with van der Waals surface area (Å²) >= 11 is 0. The van der Waals surface area contributed by atoms with Crippen molar-refractivity contribution >= 4 is 0 Å². The average molecular weight is 379 g/mol. The van der Waals surface area contributed by atoms with E-state index in [9.17, 15) is 0 Å². The summed E-state index contributed by atoms with van der Waals surface area (Å²) in [5.41, 5.74) is 0.597. The molecular weight excluding hydrogens is 328 g/mol. The Balaban J connectivity index is 1.84. The van der Waals surface area contributed by atoms with E-state index in [1.807, 2.05) is 0 Å². The molecule has 2 aliphatic rings. The van der Waals surface area contributed by atoms with Crippen molar-refractivity contribution in [3.63, 3.8) is 0 Å². The van der Waals surface area contributed by atoms with Crippen molar-refractivity contribution in [3.8, 4) is 0 Å². The maximum Gasteiger partial charge on any atom is 0.0579 e. The van der Waals surface area contributed by atoms with Gasteiger partial charge in [0.2, 0.25) is 0 Å². The van der Waals surface area contributed by atoms with Gasteiger partial charge in [-0.1, -0.05) is 73.1 Å². The molecule has 0 aliphatic heterocycles. The fraction of sp³-hybridized carbons (Fsp3) is 1.00. The Kier molecular flexibility index (Phi) is 10.2. The van der Waals surface area contributed by atoms with Gasteiger partial charge in [0.25, 0.3) is 0 Å². The van der Waals surface area contributed by atoms with Gasteiger partial charge < -0.3 is 4.74 Å². The van der Waals surface area contributed by atoms with Gasteiger partial charge in [0.05, 0.1) is 12.2 Å². The fourth-order valence-corrected chi connectivity index (χ4v) is 6.48.